The number of hydrogen-bond acceptors (Lipinski definition) is 7. The molecule has 0 aliphatic carbocycles. The molecule has 0 unspecified atom stereocenters. The van der Waals surface area contributed by atoms with Gasteiger partial charge in [-0.1, -0.05) is 36.6 Å². The van der Waals surface area contributed by atoms with E-state index in [4.69, 9.17) is 24.4 Å². The lowest BCUT2D eigenvalue weighted by Gasteiger charge is -2.15. The van der Waals surface area contributed by atoms with Gasteiger partial charge in [0.15, 0.2) is 0 Å². The van der Waals surface area contributed by atoms with Crippen LogP contribution >= 0.6 is 70.0 Å². The fourth-order valence-electron chi connectivity index (χ4n) is 1.08. The van der Waals surface area contributed by atoms with E-state index in [-0.39, 0.29) is 0 Å². The smallest absolute Gasteiger partial charge is 0.148 e. The molecule has 0 fully saturated rings. The first kappa shape index (κ1) is 20.0. The van der Waals surface area contributed by atoms with Crippen LogP contribution in [-0.4, -0.2) is 51.6 Å². The first-order chi connectivity index (χ1) is 10.3. The first-order valence-electron chi connectivity index (χ1n) is 6.13. The van der Waals surface area contributed by atoms with Crippen LogP contribution in [0.2, 0.25) is 0 Å². The van der Waals surface area contributed by atoms with Gasteiger partial charge in [-0.25, -0.2) is 4.98 Å². The van der Waals surface area contributed by atoms with E-state index in [1.807, 2.05) is 62.3 Å². The molecular formula is C13H17N3S6. The number of fused-ring (bicyclic) bond motifs is 1. The van der Waals surface area contributed by atoms with Crippen molar-refractivity contribution in [2.45, 2.75) is 4.34 Å². The molecule has 3 nitrogen and oxygen atoms in total. The monoisotopic (exact) mass is 407 g/mol. The van der Waals surface area contributed by atoms with Crippen LogP contribution in [0, 0.1) is 0 Å². The van der Waals surface area contributed by atoms with Crippen molar-refractivity contribution in [2.24, 2.45) is 0 Å². The Morgan fingerprint density at radius 2 is 1.55 bits per heavy atom. The molecule has 9 heteroatoms. The standard InChI is InChI=1S/C7H5NS2.C6H12N2S4/c9-7-8-5-3-1-2-4-6(5)10-7;1-7(2)5(9)11-12-6(10)8(3)4/h1-4H,(H,8,9);1-4H3. The van der Waals surface area contributed by atoms with Crippen molar-refractivity contribution in [2.75, 3.05) is 28.2 Å². The summed E-state index contributed by atoms with van der Waals surface area (Å²) in [6.07, 6.45) is 0. The fourth-order valence-corrected chi connectivity index (χ4v) is 4.56. The summed E-state index contributed by atoms with van der Waals surface area (Å²) in [7, 11) is 10.7. The summed E-state index contributed by atoms with van der Waals surface area (Å²) < 4.78 is 3.71. The minimum Gasteiger partial charge on any atom is -0.363 e. The van der Waals surface area contributed by atoms with Crippen LogP contribution in [0.1, 0.15) is 0 Å². The number of thiazole rings is 1. The summed E-state index contributed by atoms with van der Waals surface area (Å²) in [6.45, 7) is 0. The molecule has 0 saturated carbocycles. The Morgan fingerprint density at radius 1 is 1.05 bits per heavy atom. The van der Waals surface area contributed by atoms with Crippen LogP contribution < -0.4 is 0 Å². The van der Waals surface area contributed by atoms with Crippen LogP contribution in [0.3, 0.4) is 0 Å². The summed E-state index contributed by atoms with van der Waals surface area (Å²) in [5.74, 6) is 0. The van der Waals surface area contributed by atoms with E-state index in [0.717, 1.165) is 18.5 Å². The van der Waals surface area contributed by atoms with Gasteiger partial charge in [-0.3, -0.25) is 0 Å². The number of para-hydroxylation sites is 1. The highest BCUT2D eigenvalue weighted by Crippen LogP contribution is 2.26. The lowest BCUT2D eigenvalue weighted by molar-refractivity contribution is 0.647. The van der Waals surface area contributed by atoms with E-state index in [1.165, 1.54) is 26.3 Å². The second-order valence-corrected chi connectivity index (χ2v) is 9.61. The molecule has 0 aliphatic rings. The van der Waals surface area contributed by atoms with E-state index >= 15 is 0 Å². The molecule has 0 saturated heterocycles. The third-order valence-corrected chi connectivity index (χ3v) is 7.57. The second kappa shape index (κ2) is 9.94. The van der Waals surface area contributed by atoms with Gasteiger partial charge in [0.05, 0.1) is 10.2 Å². The van der Waals surface area contributed by atoms with Crippen LogP contribution in [0.25, 0.3) is 10.2 Å². The Morgan fingerprint density at radius 3 is 2.00 bits per heavy atom. The SMILES string of the molecule is CN(C)C(=S)SSC(=S)N(C)C.Sc1nc2ccccc2s1. The number of rotatable bonds is 0. The van der Waals surface area contributed by atoms with E-state index in [9.17, 15) is 0 Å². The fraction of sp³-hybridized carbons (Fsp3) is 0.308. The van der Waals surface area contributed by atoms with Crippen LogP contribution in [0.5, 0.6) is 0 Å². The summed E-state index contributed by atoms with van der Waals surface area (Å²) in [4.78, 5) is 7.98. The molecule has 0 amide bonds. The molecule has 22 heavy (non-hydrogen) atoms. The zero-order valence-electron chi connectivity index (χ0n) is 12.6. The number of nitrogens with zero attached hydrogens (tertiary/aromatic N) is 3. The number of thiol groups is 1. The van der Waals surface area contributed by atoms with E-state index < -0.39 is 0 Å². The molecule has 0 bridgehead atoms. The molecule has 2 aromatic rings. The number of aromatic nitrogens is 1. The lowest BCUT2D eigenvalue weighted by Crippen LogP contribution is -2.18. The maximum Gasteiger partial charge on any atom is 0.148 e. The van der Waals surface area contributed by atoms with Gasteiger partial charge in [0.25, 0.3) is 0 Å². The van der Waals surface area contributed by atoms with Crippen molar-refractivity contribution >= 4 is 88.8 Å². The summed E-state index contributed by atoms with van der Waals surface area (Å²) in [6, 6.07) is 8.03. The summed E-state index contributed by atoms with van der Waals surface area (Å²) in [5.41, 5.74) is 1.04. The molecule has 0 aliphatic heterocycles. The Labute approximate surface area is 159 Å². The van der Waals surface area contributed by atoms with Gasteiger partial charge in [0.2, 0.25) is 0 Å². The van der Waals surface area contributed by atoms with Crippen molar-refractivity contribution in [1.82, 2.24) is 14.8 Å². The molecule has 0 radical (unpaired) electrons. The first-order valence-corrected chi connectivity index (χ1v) is 10.4. The van der Waals surface area contributed by atoms with E-state index in [2.05, 4.69) is 17.6 Å². The van der Waals surface area contributed by atoms with Crippen molar-refractivity contribution in [3.8, 4) is 0 Å². The van der Waals surface area contributed by atoms with Gasteiger partial charge in [0.1, 0.15) is 13.0 Å². The molecule has 1 aromatic carbocycles. The van der Waals surface area contributed by atoms with Crippen LogP contribution in [0.15, 0.2) is 28.6 Å². The predicted octanol–water partition coefficient (Wildman–Crippen LogP) is 4.65. The second-order valence-electron chi connectivity index (χ2n) is 4.45. The third kappa shape index (κ3) is 7.01. The van der Waals surface area contributed by atoms with Crippen LogP contribution in [0.4, 0.5) is 0 Å². The molecule has 1 heterocycles. The highest BCUT2D eigenvalue weighted by atomic mass is 33.1. The quantitative estimate of drug-likeness (QED) is 0.384. The van der Waals surface area contributed by atoms with Gasteiger partial charge in [0, 0.05) is 28.2 Å². The van der Waals surface area contributed by atoms with Gasteiger partial charge in [-0.15, -0.1) is 24.0 Å². The van der Waals surface area contributed by atoms with E-state index in [0.29, 0.717) is 0 Å². The van der Waals surface area contributed by atoms with Crippen molar-refractivity contribution in [3.05, 3.63) is 24.3 Å². The summed E-state index contributed by atoms with van der Waals surface area (Å²) in [5, 5.41) is 0. The normalized spacial score (nSPS) is 9.86. The minimum absolute atomic E-state index is 0.834. The lowest BCUT2D eigenvalue weighted by atomic mass is 10.3. The molecule has 2 rings (SSSR count). The Kier molecular flexibility index (Phi) is 9.03. The topological polar surface area (TPSA) is 19.4 Å². The highest BCUT2D eigenvalue weighted by molar-refractivity contribution is 8.89. The number of thiocarbonyl (C=S) groups is 2. The van der Waals surface area contributed by atoms with Crippen molar-refractivity contribution in [3.63, 3.8) is 0 Å². The predicted molar refractivity (Wildman–Crippen MR) is 115 cm³/mol. The number of hydrogen-bond donors (Lipinski definition) is 1. The largest absolute Gasteiger partial charge is 0.363 e. The Hall–Kier alpha value is -0.0600. The van der Waals surface area contributed by atoms with Crippen LogP contribution in [-0.2, 0) is 0 Å². The van der Waals surface area contributed by atoms with E-state index in [1.54, 1.807) is 11.3 Å². The van der Waals surface area contributed by atoms with Gasteiger partial charge >= 0.3 is 0 Å². The average Bonchev–Trinajstić information content (AvgIpc) is 2.84. The zero-order chi connectivity index (χ0) is 16.7. The van der Waals surface area contributed by atoms with Gasteiger partial charge < -0.3 is 9.80 Å². The third-order valence-electron chi connectivity index (χ3n) is 2.20. The molecule has 1 aromatic heterocycles. The molecule has 0 N–H and O–H groups in total. The Balaban J connectivity index is 0.000000222. The molecular weight excluding hydrogens is 391 g/mol. The number of benzene rings is 1. The molecule has 120 valence electrons. The van der Waals surface area contributed by atoms with Gasteiger partial charge in [-0.05, 0) is 33.7 Å². The zero-order valence-corrected chi connectivity index (χ0v) is 17.6. The molecule has 0 atom stereocenters. The Bertz CT molecular complexity index is 584. The van der Waals surface area contributed by atoms with Crippen molar-refractivity contribution < 1.29 is 0 Å². The van der Waals surface area contributed by atoms with Gasteiger partial charge in [-0.2, -0.15) is 0 Å². The average molecular weight is 408 g/mol. The highest BCUT2D eigenvalue weighted by Gasteiger charge is 2.05. The minimum atomic E-state index is 0.834. The van der Waals surface area contributed by atoms with Crippen molar-refractivity contribution in [1.29, 1.82) is 0 Å². The maximum absolute atomic E-state index is 5.07. The summed E-state index contributed by atoms with van der Waals surface area (Å²) >= 11 is 15.9. The molecule has 0 spiro atoms. The maximum atomic E-state index is 5.07.